The molecule has 12 heteroatoms. The van der Waals surface area contributed by atoms with Crippen LogP contribution in [0.3, 0.4) is 0 Å². The maximum absolute atomic E-state index is 15.3. The Kier molecular flexibility index (Phi) is 5.89. The Morgan fingerprint density at radius 3 is 2.58 bits per heavy atom. The van der Waals surface area contributed by atoms with E-state index in [2.05, 4.69) is 30.6 Å². The van der Waals surface area contributed by atoms with Crippen molar-refractivity contribution < 1.29 is 17.9 Å². The minimum Gasteiger partial charge on any atom is -0.378 e. The van der Waals surface area contributed by atoms with Crippen LogP contribution in [0.25, 0.3) is 0 Å². The van der Waals surface area contributed by atoms with Crippen molar-refractivity contribution in [3.05, 3.63) is 47.9 Å². The molecule has 1 unspecified atom stereocenters. The van der Waals surface area contributed by atoms with Gasteiger partial charge in [-0.15, -0.1) is 0 Å². The average molecular weight is 434 g/mol. The Hall–Kier alpha value is -3.41. The summed E-state index contributed by atoms with van der Waals surface area (Å²) in [7, 11) is 1.78. The van der Waals surface area contributed by atoms with Gasteiger partial charge in [-0.05, 0) is 6.92 Å². The van der Waals surface area contributed by atoms with Gasteiger partial charge in [-0.3, -0.25) is 4.98 Å². The lowest BCUT2D eigenvalue weighted by Gasteiger charge is -2.29. The van der Waals surface area contributed by atoms with Gasteiger partial charge in [-0.25, -0.2) is 13.8 Å². The fourth-order valence-electron chi connectivity index (χ4n) is 3.17. The van der Waals surface area contributed by atoms with Gasteiger partial charge in [0.15, 0.2) is 11.6 Å². The Labute approximate surface area is 176 Å². The molecule has 0 amide bonds. The number of nitrogens with one attached hydrogen (secondary N) is 2. The summed E-state index contributed by atoms with van der Waals surface area (Å²) in [5.41, 5.74) is -0.0125. The van der Waals surface area contributed by atoms with E-state index in [-0.39, 0.29) is 23.3 Å². The highest BCUT2D eigenvalue weighted by Crippen LogP contribution is 2.28. The first kappa shape index (κ1) is 20.8. The summed E-state index contributed by atoms with van der Waals surface area (Å²) in [5, 5.41) is 5.77. The van der Waals surface area contributed by atoms with Gasteiger partial charge >= 0.3 is 0 Å². The molecule has 1 aliphatic heterocycles. The first-order chi connectivity index (χ1) is 14.9. The number of hydrogen-bond acceptors (Lipinski definition) is 8. The SMILES string of the molecule is CC(Nc1nc(Nc2cn(C)cn2)c(F)c(N2CCOCC2)n1)c1ncc(F)cc1F. The third kappa shape index (κ3) is 4.68. The number of aryl methyl sites for hydroxylation is 1. The first-order valence-electron chi connectivity index (χ1n) is 9.63. The summed E-state index contributed by atoms with van der Waals surface area (Å²) in [5.74, 6) is -1.77. The van der Waals surface area contributed by atoms with Crippen LogP contribution < -0.4 is 15.5 Å². The smallest absolute Gasteiger partial charge is 0.227 e. The maximum Gasteiger partial charge on any atom is 0.227 e. The number of pyridine rings is 1. The minimum atomic E-state index is -0.803. The molecule has 4 heterocycles. The van der Waals surface area contributed by atoms with Gasteiger partial charge in [0.1, 0.15) is 17.5 Å². The number of halogens is 3. The molecule has 3 aromatic rings. The molecule has 0 saturated carbocycles. The lowest BCUT2D eigenvalue weighted by atomic mass is 10.2. The third-order valence-corrected chi connectivity index (χ3v) is 4.69. The molecule has 1 aliphatic rings. The molecule has 1 atom stereocenters. The van der Waals surface area contributed by atoms with E-state index in [0.29, 0.717) is 32.1 Å². The van der Waals surface area contributed by atoms with Crippen LogP contribution in [-0.4, -0.2) is 50.8 Å². The molecule has 4 rings (SSSR count). The van der Waals surface area contributed by atoms with E-state index in [1.54, 1.807) is 36.0 Å². The lowest BCUT2D eigenvalue weighted by Crippen LogP contribution is -2.37. The minimum absolute atomic E-state index is 0.0125. The van der Waals surface area contributed by atoms with E-state index in [1.807, 2.05) is 0 Å². The molecule has 0 aliphatic carbocycles. The van der Waals surface area contributed by atoms with Crippen molar-refractivity contribution in [1.29, 1.82) is 0 Å². The predicted octanol–water partition coefficient (Wildman–Crippen LogP) is 2.78. The monoisotopic (exact) mass is 434 g/mol. The highest BCUT2D eigenvalue weighted by atomic mass is 19.1. The summed E-state index contributed by atoms with van der Waals surface area (Å²) in [4.78, 5) is 18.2. The zero-order chi connectivity index (χ0) is 22.0. The molecule has 2 N–H and O–H groups in total. The van der Waals surface area contributed by atoms with E-state index in [9.17, 15) is 8.78 Å². The van der Waals surface area contributed by atoms with Gasteiger partial charge in [0.05, 0.1) is 37.5 Å². The first-order valence-corrected chi connectivity index (χ1v) is 9.63. The van der Waals surface area contributed by atoms with Crippen LogP contribution in [0.5, 0.6) is 0 Å². The predicted molar refractivity (Wildman–Crippen MR) is 108 cm³/mol. The number of aromatic nitrogens is 5. The molecule has 0 radical (unpaired) electrons. The van der Waals surface area contributed by atoms with E-state index in [4.69, 9.17) is 4.74 Å². The van der Waals surface area contributed by atoms with E-state index in [1.165, 1.54) is 0 Å². The molecule has 1 fully saturated rings. The van der Waals surface area contributed by atoms with Gasteiger partial charge < -0.3 is 24.8 Å². The van der Waals surface area contributed by atoms with Crippen molar-refractivity contribution in [3.63, 3.8) is 0 Å². The van der Waals surface area contributed by atoms with Gasteiger partial charge in [0.25, 0.3) is 0 Å². The zero-order valence-corrected chi connectivity index (χ0v) is 16.9. The van der Waals surface area contributed by atoms with E-state index in [0.717, 1.165) is 12.3 Å². The van der Waals surface area contributed by atoms with Gasteiger partial charge in [0.2, 0.25) is 11.8 Å². The molecule has 9 nitrogen and oxygen atoms in total. The molecule has 0 bridgehead atoms. The van der Waals surface area contributed by atoms with Crippen LogP contribution in [-0.2, 0) is 11.8 Å². The lowest BCUT2D eigenvalue weighted by molar-refractivity contribution is 0.122. The highest BCUT2D eigenvalue weighted by Gasteiger charge is 2.23. The Morgan fingerprint density at radius 1 is 1.13 bits per heavy atom. The molecule has 1 saturated heterocycles. The summed E-state index contributed by atoms with van der Waals surface area (Å²) in [6.45, 7) is 3.42. The number of anilines is 4. The second kappa shape index (κ2) is 8.76. The molecule has 3 aromatic heterocycles. The number of ether oxygens (including phenoxy) is 1. The van der Waals surface area contributed by atoms with Crippen molar-refractivity contribution in [2.45, 2.75) is 13.0 Å². The summed E-state index contributed by atoms with van der Waals surface area (Å²) in [6.07, 6.45) is 4.16. The van der Waals surface area contributed by atoms with Crippen molar-refractivity contribution in [2.75, 3.05) is 41.8 Å². The summed E-state index contributed by atoms with van der Waals surface area (Å²) in [6, 6.07) is 0.0468. The number of imidazole rings is 1. The van der Waals surface area contributed by atoms with Crippen LogP contribution in [0.2, 0.25) is 0 Å². The summed E-state index contributed by atoms with van der Waals surface area (Å²) >= 11 is 0. The standard InChI is InChI=1S/C19H21F3N8O/c1-11(16-13(21)7-12(20)8-23-16)25-19-27-17(26-14-9-29(2)10-24-14)15(22)18(28-19)30-3-5-31-6-4-30/h7-11H,3-6H2,1-2H3,(H2,25,26,27,28). The van der Waals surface area contributed by atoms with Crippen LogP contribution >= 0.6 is 0 Å². The summed E-state index contributed by atoms with van der Waals surface area (Å²) < 4.78 is 49.6. The molecule has 0 spiro atoms. The van der Waals surface area contributed by atoms with Crippen LogP contribution in [0, 0.1) is 17.5 Å². The van der Waals surface area contributed by atoms with Crippen molar-refractivity contribution in [3.8, 4) is 0 Å². The normalized spacial score (nSPS) is 15.1. The average Bonchev–Trinajstić information content (AvgIpc) is 3.15. The van der Waals surface area contributed by atoms with Gasteiger partial charge in [0, 0.05) is 32.4 Å². The zero-order valence-electron chi connectivity index (χ0n) is 16.9. The molecular formula is C19H21F3N8O. The fraction of sp³-hybridized carbons (Fsp3) is 0.368. The number of hydrogen-bond donors (Lipinski definition) is 2. The van der Waals surface area contributed by atoms with E-state index >= 15 is 4.39 Å². The van der Waals surface area contributed by atoms with E-state index < -0.39 is 23.5 Å². The van der Waals surface area contributed by atoms with Gasteiger partial charge in [-0.2, -0.15) is 14.4 Å². The topological polar surface area (TPSA) is 93.0 Å². The largest absolute Gasteiger partial charge is 0.378 e. The number of morpholine rings is 1. The van der Waals surface area contributed by atoms with Crippen molar-refractivity contribution in [1.82, 2.24) is 24.5 Å². The molecule has 31 heavy (non-hydrogen) atoms. The van der Waals surface area contributed by atoms with Crippen molar-refractivity contribution >= 4 is 23.4 Å². The van der Waals surface area contributed by atoms with Crippen LogP contribution in [0.15, 0.2) is 24.8 Å². The highest BCUT2D eigenvalue weighted by molar-refractivity contribution is 5.61. The third-order valence-electron chi connectivity index (χ3n) is 4.69. The van der Waals surface area contributed by atoms with Crippen molar-refractivity contribution in [2.24, 2.45) is 7.05 Å². The van der Waals surface area contributed by atoms with Crippen LogP contribution in [0.4, 0.5) is 36.6 Å². The Bertz CT molecular complexity index is 1070. The van der Waals surface area contributed by atoms with Crippen LogP contribution in [0.1, 0.15) is 18.7 Å². The number of rotatable bonds is 6. The fourth-order valence-corrected chi connectivity index (χ4v) is 3.17. The second-order valence-electron chi connectivity index (χ2n) is 7.07. The number of nitrogens with zero attached hydrogens (tertiary/aromatic N) is 6. The second-order valence-corrected chi connectivity index (χ2v) is 7.07. The molecule has 164 valence electrons. The van der Waals surface area contributed by atoms with Gasteiger partial charge in [-0.1, -0.05) is 0 Å². The maximum atomic E-state index is 15.3. The Morgan fingerprint density at radius 2 is 1.90 bits per heavy atom. The molecule has 0 aromatic carbocycles. The Balaban J connectivity index is 1.67. The molecular weight excluding hydrogens is 413 g/mol. The quantitative estimate of drug-likeness (QED) is 0.612.